The fourth-order valence-corrected chi connectivity index (χ4v) is 1.25. The molecule has 2 aromatic rings. The van der Waals surface area contributed by atoms with Crippen LogP contribution in [0.2, 0.25) is 0 Å². The van der Waals surface area contributed by atoms with E-state index in [2.05, 4.69) is 15.2 Å². The Morgan fingerprint density at radius 3 is 2.71 bits per heavy atom. The number of pyridine rings is 1. The summed E-state index contributed by atoms with van der Waals surface area (Å²) in [4.78, 5) is 4.11. The molecule has 0 radical (unpaired) electrons. The Morgan fingerprint density at radius 2 is 2.12 bits per heavy atom. The fraction of sp³-hybridized carbons (Fsp3) is 0.364. The molecule has 0 aliphatic carbocycles. The zero-order chi connectivity index (χ0) is 12.1. The molecule has 2 N–H and O–H groups in total. The van der Waals surface area contributed by atoms with Crippen molar-refractivity contribution in [1.29, 1.82) is 0 Å². The van der Waals surface area contributed by atoms with E-state index in [9.17, 15) is 0 Å². The first-order valence-electron chi connectivity index (χ1n) is 5.41. The van der Waals surface area contributed by atoms with Gasteiger partial charge in [-0.05, 0) is 12.1 Å². The van der Waals surface area contributed by atoms with E-state index in [-0.39, 0.29) is 6.61 Å². The van der Waals surface area contributed by atoms with Gasteiger partial charge in [0.05, 0.1) is 11.9 Å². The highest BCUT2D eigenvalue weighted by molar-refractivity contribution is 5.19. The summed E-state index contributed by atoms with van der Waals surface area (Å²) in [5, 5.41) is 7.70. The third-order valence-electron chi connectivity index (χ3n) is 2.18. The van der Waals surface area contributed by atoms with Gasteiger partial charge in [-0.3, -0.25) is 4.98 Å². The first-order chi connectivity index (χ1) is 8.31. The predicted octanol–water partition coefficient (Wildman–Crippen LogP) is 1.06. The Balaban J connectivity index is 1.92. The summed E-state index contributed by atoms with van der Waals surface area (Å²) in [5.74, 6) is 1.73. The van der Waals surface area contributed by atoms with Crippen LogP contribution in [0.3, 0.4) is 0 Å². The normalized spacial score (nSPS) is 10.5. The molecule has 0 saturated heterocycles. The number of ether oxygens (including phenoxy) is 1. The maximum atomic E-state index is 5.45. The summed E-state index contributed by atoms with van der Waals surface area (Å²) in [6.07, 6.45) is 2.35. The van der Waals surface area contributed by atoms with Crippen LogP contribution in [-0.2, 0) is 19.6 Å². The largest absolute Gasteiger partial charge is 0.482 e. The number of hydrogen-bond donors (Lipinski definition) is 1. The van der Waals surface area contributed by atoms with E-state index < -0.39 is 0 Å². The van der Waals surface area contributed by atoms with E-state index in [0.717, 1.165) is 12.1 Å². The zero-order valence-electron chi connectivity index (χ0n) is 9.59. The lowest BCUT2D eigenvalue weighted by atomic mass is 10.3. The number of aryl methyl sites for hydroxylation is 1. The minimum absolute atomic E-state index is 0.247. The third kappa shape index (κ3) is 3.01. The number of aromatic nitrogens is 3. The van der Waals surface area contributed by atoms with Gasteiger partial charge in [-0.2, -0.15) is 0 Å². The van der Waals surface area contributed by atoms with Crippen LogP contribution in [-0.4, -0.2) is 15.2 Å². The summed E-state index contributed by atoms with van der Waals surface area (Å²) in [6, 6.07) is 3.63. The summed E-state index contributed by atoms with van der Waals surface area (Å²) >= 11 is 0. The SMILES string of the molecule is CCc1nnc(COc2ccc(CN)nc2)o1. The summed E-state index contributed by atoms with van der Waals surface area (Å²) in [7, 11) is 0. The number of rotatable bonds is 5. The maximum absolute atomic E-state index is 5.45. The maximum Gasteiger partial charge on any atom is 0.253 e. The number of nitrogens with zero attached hydrogens (tertiary/aromatic N) is 3. The van der Waals surface area contributed by atoms with Crippen molar-refractivity contribution >= 4 is 0 Å². The average Bonchev–Trinajstić information content (AvgIpc) is 2.85. The molecule has 0 amide bonds. The van der Waals surface area contributed by atoms with Crippen molar-refractivity contribution in [2.75, 3.05) is 0 Å². The lowest BCUT2D eigenvalue weighted by molar-refractivity contribution is 0.258. The second-order valence-corrected chi connectivity index (χ2v) is 3.42. The summed E-state index contributed by atoms with van der Waals surface area (Å²) < 4.78 is 10.8. The molecule has 0 aliphatic rings. The van der Waals surface area contributed by atoms with Crippen LogP contribution in [0.25, 0.3) is 0 Å². The molecule has 0 atom stereocenters. The molecule has 0 unspecified atom stereocenters. The van der Waals surface area contributed by atoms with E-state index in [4.69, 9.17) is 14.9 Å². The Kier molecular flexibility index (Phi) is 3.66. The van der Waals surface area contributed by atoms with Gasteiger partial charge in [0.25, 0.3) is 5.89 Å². The molecule has 0 aromatic carbocycles. The Hall–Kier alpha value is -1.95. The average molecular weight is 234 g/mol. The van der Waals surface area contributed by atoms with Gasteiger partial charge in [-0.15, -0.1) is 10.2 Å². The van der Waals surface area contributed by atoms with Gasteiger partial charge >= 0.3 is 0 Å². The van der Waals surface area contributed by atoms with Gasteiger partial charge in [0.15, 0.2) is 6.61 Å². The molecule has 0 saturated carbocycles. The van der Waals surface area contributed by atoms with Crippen molar-refractivity contribution in [3.8, 4) is 5.75 Å². The van der Waals surface area contributed by atoms with Crippen molar-refractivity contribution in [3.05, 3.63) is 35.8 Å². The number of nitrogens with two attached hydrogens (primary N) is 1. The molecular weight excluding hydrogens is 220 g/mol. The fourth-order valence-electron chi connectivity index (χ4n) is 1.25. The van der Waals surface area contributed by atoms with E-state index >= 15 is 0 Å². The van der Waals surface area contributed by atoms with Crippen molar-refractivity contribution in [2.24, 2.45) is 5.73 Å². The Bertz CT molecular complexity index is 467. The minimum Gasteiger partial charge on any atom is -0.482 e. The van der Waals surface area contributed by atoms with E-state index in [1.165, 1.54) is 0 Å². The highest BCUT2D eigenvalue weighted by Gasteiger charge is 2.05. The van der Waals surface area contributed by atoms with Gasteiger partial charge in [-0.25, -0.2) is 0 Å². The van der Waals surface area contributed by atoms with E-state index in [1.54, 1.807) is 6.20 Å². The second-order valence-electron chi connectivity index (χ2n) is 3.42. The quantitative estimate of drug-likeness (QED) is 0.832. The summed E-state index contributed by atoms with van der Waals surface area (Å²) in [6.45, 7) is 2.62. The van der Waals surface area contributed by atoms with Crippen LogP contribution < -0.4 is 10.5 Å². The van der Waals surface area contributed by atoms with Gasteiger partial charge in [-0.1, -0.05) is 6.92 Å². The van der Waals surface area contributed by atoms with Gasteiger partial charge < -0.3 is 14.9 Å². The first-order valence-corrected chi connectivity index (χ1v) is 5.41. The number of hydrogen-bond acceptors (Lipinski definition) is 6. The lowest BCUT2D eigenvalue weighted by Crippen LogP contribution is -2.00. The lowest BCUT2D eigenvalue weighted by Gasteiger charge is -2.03. The van der Waals surface area contributed by atoms with Gasteiger partial charge in [0, 0.05) is 13.0 Å². The zero-order valence-corrected chi connectivity index (χ0v) is 9.59. The molecule has 0 spiro atoms. The summed E-state index contributed by atoms with van der Waals surface area (Å²) in [5.41, 5.74) is 6.27. The van der Waals surface area contributed by atoms with E-state index in [0.29, 0.717) is 24.1 Å². The first kappa shape index (κ1) is 11.5. The highest BCUT2D eigenvalue weighted by Crippen LogP contribution is 2.11. The van der Waals surface area contributed by atoms with Crippen LogP contribution >= 0.6 is 0 Å². The highest BCUT2D eigenvalue weighted by atomic mass is 16.5. The predicted molar refractivity (Wildman–Crippen MR) is 60.1 cm³/mol. The Labute approximate surface area is 98.8 Å². The molecule has 17 heavy (non-hydrogen) atoms. The van der Waals surface area contributed by atoms with Crippen LogP contribution in [0.15, 0.2) is 22.7 Å². The molecular formula is C11H14N4O2. The molecule has 2 rings (SSSR count). The monoisotopic (exact) mass is 234 g/mol. The molecule has 0 aliphatic heterocycles. The standard InChI is InChI=1S/C11H14N4O2/c1-2-10-14-15-11(17-10)7-16-9-4-3-8(5-12)13-6-9/h3-4,6H,2,5,7,12H2,1H3. The topological polar surface area (TPSA) is 87.1 Å². The van der Waals surface area contributed by atoms with Crippen LogP contribution in [0.1, 0.15) is 24.4 Å². The molecule has 6 heteroatoms. The molecule has 2 heterocycles. The van der Waals surface area contributed by atoms with E-state index in [1.807, 2.05) is 19.1 Å². The van der Waals surface area contributed by atoms with Crippen LogP contribution in [0.4, 0.5) is 0 Å². The van der Waals surface area contributed by atoms with Crippen molar-refractivity contribution < 1.29 is 9.15 Å². The van der Waals surface area contributed by atoms with Gasteiger partial charge in [0.2, 0.25) is 5.89 Å². The van der Waals surface area contributed by atoms with Crippen LogP contribution in [0, 0.1) is 0 Å². The third-order valence-corrected chi connectivity index (χ3v) is 2.18. The molecule has 0 bridgehead atoms. The molecule has 6 nitrogen and oxygen atoms in total. The second kappa shape index (κ2) is 5.40. The molecule has 0 fully saturated rings. The van der Waals surface area contributed by atoms with Crippen molar-refractivity contribution in [2.45, 2.75) is 26.5 Å². The van der Waals surface area contributed by atoms with Crippen molar-refractivity contribution in [1.82, 2.24) is 15.2 Å². The Morgan fingerprint density at radius 1 is 1.29 bits per heavy atom. The molecule has 90 valence electrons. The van der Waals surface area contributed by atoms with Gasteiger partial charge in [0.1, 0.15) is 5.75 Å². The smallest absolute Gasteiger partial charge is 0.253 e. The van der Waals surface area contributed by atoms with Crippen molar-refractivity contribution in [3.63, 3.8) is 0 Å². The molecule has 2 aromatic heterocycles. The van der Waals surface area contributed by atoms with Crippen LogP contribution in [0.5, 0.6) is 5.75 Å². The minimum atomic E-state index is 0.247.